The molecule has 350 valence electrons. The summed E-state index contributed by atoms with van der Waals surface area (Å²) in [5.41, 5.74) is -3.89. The first-order valence-electron chi connectivity index (χ1n) is 19.7. The van der Waals surface area contributed by atoms with Gasteiger partial charge in [0.1, 0.15) is 41.9 Å². The van der Waals surface area contributed by atoms with Gasteiger partial charge in [-0.1, -0.05) is 17.7 Å². The van der Waals surface area contributed by atoms with Crippen LogP contribution >= 0.6 is 11.6 Å². The summed E-state index contributed by atoms with van der Waals surface area (Å²) in [4.78, 5) is 42.1. The number of fused-ring (bicyclic) bond motifs is 5. The maximum atomic E-state index is 15.6. The van der Waals surface area contributed by atoms with Crippen LogP contribution in [-0.4, -0.2) is 72.9 Å². The Hall–Kier alpha value is -6.76. The number of amides is 1. The number of aromatic nitrogens is 8. The topological polar surface area (TPSA) is 181 Å². The fourth-order valence-electron chi connectivity index (χ4n) is 8.52. The van der Waals surface area contributed by atoms with E-state index in [1.807, 2.05) is 4.72 Å². The van der Waals surface area contributed by atoms with E-state index in [1.54, 1.807) is 0 Å². The molecule has 0 saturated heterocycles. The van der Waals surface area contributed by atoms with Crippen LogP contribution in [0.5, 0.6) is 6.01 Å². The molecular formula is C41H30ClF9N10O5S. The summed E-state index contributed by atoms with van der Waals surface area (Å²) in [6, 6.07) is 6.84. The zero-order valence-corrected chi connectivity index (χ0v) is 35.8. The maximum absolute atomic E-state index is 15.6. The van der Waals surface area contributed by atoms with Crippen LogP contribution in [0.25, 0.3) is 38.6 Å². The standard InChI is InChI=1S/C41H30ClF9N10O5S/c1-66-39-52-13-19(14-53-39)18-3-4-22-26(10-18)55-37(61(38(22)63)28-6-5-25(42)31-33(28)60(16-40(47,48)49)57-36(31)58-67(2,64)65)27(9-17-7-20(43)11-21(44)8-17)54-29(62)15-59-34-30(32(56-59)35(45)46)23-12-24(23)41(34,50)51/h3-8,10-11,13-14,23-24,27,35H,9,12,15-16H2,1-2H3,(H,54,62)(H,57,58)/t23-,24+,27-/m0/s1. The van der Waals surface area contributed by atoms with Gasteiger partial charge in [0.2, 0.25) is 15.9 Å². The smallest absolute Gasteiger partial charge is 0.408 e. The second-order valence-electron chi connectivity index (χ2n) is 15.9. The third kappa shape index (κ3) is 8.49. The molecule has 1 fully saturated rings. The van der Waals surface area contributed by atoms with Crippen molar-refractivity contribution in [3.05, 3.63) is 116 Å². The molecular weight excluding hydrogens is 951 g/mol. The van der Waals surface area contributed by atoms with E-state index < -0.39 is 129 Å². The van der Waals surface area contributed by atoms with Crippen molar-refractivity contribution < 1.29 is 57.5 Å². The lowest BCUT2D eigenvalue weighted by molar-refractivity contribution is -0.141. The molecule has 4 aromatic heterocycles. The minimum atomic E-state index is -5.02. The summed E-state index contributed by atoms with van der Waals surface area (Å²) >= 11 is 6.52. The summed E-state index contributed by atoms with van der Waals surface area (Å²) < 4.78 is 165. The molecule has 9 rings (SSSR count). The summed E-state index contributed by atoms with van der Waals surface area (Å²) in [6.07, 6.45) is -5.60. The molecule has 0 spiro atoms. The lowest BCUT2D eigenvalue weighted by Crippen LogP contribution is -2.38. The van der Waals surface area contributed by atoms with Crippen LogP contribution in [0.3, 0.4) is 0 Å². The Balaban J connectivity index is 1.29. The third-order valence-corrected chi connectivity index (χ3v) is 12.1. The molecule has 3 aromatic carbocycles. The van der Waals surface area contributed by atoms with Crippen molar-refractivity contribution in [1.29, 1.82) is 0 Å². The van der Waals surface area contributed by atoms with E-state index in [4.69, 9.17) is 21.3 Å². The monoisotopic (exact) mass is 980 g/mol. The van der Waals surface area contributed by atoms with Crippen LogP contribution in [0.15, 0.2) is 65.7 Å². The quantitative estimate of drug-likeness (QED) is 0.110. The molecule has 67 heavy (non-hydrogen) atoms. The van der Waals surface area contributed by atoms with Crippen molar-refractivity contribution in [3.8, 4) is 22.8 Å². The number of rotatable bonds is 13. The van der Waals surface area contributed by atoms with E-state index >= 15 is 13.6 Å². The lowest BCUT2D eigenvalue weighted by atomic mass is 10.0. The summed E-state index contributed by atoms with van der Waals surface area (Å²) in [5.74, 6) is -10.5. The first kappa shape index (κ1) is 45.4. The van der Waals surface area contributed by atoms with Crippen molar-refractivity contribution in [3.63, 3.8) is 0 Å². The Labute approximate surface area is 375 Å². The fourth-order valence-corrected chi connectivity index (χ4v) is 9.26. The van der Waals surface area contributed by atoms with Crippen molar-refractivity contribution in [2.75, 3.05) is 18.1 Å². The Morgan fingerprint density at radius 3 is 2.34 bits per heavy atom. The van der Waals surface area contributed by atoms with Crippen LogP contribution in [-0.2, 0) is 40.3 Å². The van der Waals surface area contributed by atoms with Gasteiger partial charge in [-0.3, -0.25) is 28.2 Å². The van der Waals surface area contributed by atoms with Gasteiger partial charge in [0, 0.05) is 41.9 Å². The van der Waals surface area contributed by atoms with Crippen molar-refractivity contribution in [1.82, 2.24) is 44.4 Å². The average molecular weight is 981 g/mol. The minimum Gasteiger partial charge on any atom is -0.467 e. The Kier molecular flexibility index (Phi) is 11.0. The number of nitrogens with zero attached hydrogens (tertiary/aromatic N) is 8. The molecule has 15 nitrogen and oxygen atoms in total. The molecule has 26 heteroatoms. The number of carbonyl (C=O) groups is 1. The number of nitrogens with one attached hydrogen (secondary N) is 2. The summed E-state index contributed by atoms with van der Waals surface area (Å²) in [7, 11) is -2.91. The lowest BCUT2D eigenvalue weighted by Gasteiger charge is -2.24. The second-order valence-corrected chi connectivity index (χ2v) is 18.0. The Bertz CT molecular complexity index is 3330. The molecule has 2 aliphatic carbocycles. The van der Waals surface area contributed by atoms with Crippen LogP contribution in [0, 0.1) is 17.6 Å². The number of ether oxygens (including phenoxy) is 1. The molecule has 1 saturated carbocycles. The van der Waals surface area contributed by atoms with E-state index in [1.165, 1.54) is 37.7 Å². The van der Waals surface area contributed by atoms with Crippen molar-refractivity contribution >= 4 is 55.2 Å². The number of hydrogen-bond donors (Lipinski definition) is 2. The first-order chi connectivity index (χ1) is 31.5. The van der Waals surface area contributed by atoms with Crippen LogP contribution < -0.4 is 20.3 Å². The van der Waals surface area contributed by atoms with E-state index in [-0.39, 0.29) is 39.5 Å². The maximum Gasteiger partial charge on any atom is 0.408 e. The summed E-state index contributed by atoms with van der Waals surface area (Å²) in [5, 5.41) is 9.10. The predicted octanol–water partition coefficient (Wildman–Crippen LogP) is 7.51. The van der Waals surface area contributed by atoms with E-state index in [2.05, 4.69) is 25.5 Å². The highest BCUT2D eigenvalue weighted by atomic mass is 35.5. The Morgan fingerprint density at radius 2 is 1.70 bits per heavy atom. The number of anilines is 1. The fraction of sp³-hybridized carbons (Fsp3) is 0.293. The molecule has 0 aliphatic heterocycles. The SMILES string of the molecule is COc1ncc(-c2ccc3c(=O)n(-c4ccc(Cl)c5c(NS(C)(=O)=O)nn(CC(F)(F)F)c45)c([C@H](Cc4cc(F)cc(F)c4)NC(=O)Cn4nc(C(F)F)c5c4C(F)(F)[C@@H]4C[C@H]54)nc3c2)cn1. The molecule has 7 aromatic rings. The highest BCUT2D eigenvalue weighted by Crippen LogP contribution is 2.68. The summed E-state index contributed by atoms with van der Waals surface area (Å²) in [6.45, 7) is -2.99. The minimum absolute atomic E-state index is 0.0140. The Morgan fingerprint density at radius 1 is 1.00 bits per heavy atom. The van der Waals surface area contributed by atoms with Crippen molar-refractivity contribution in [2.45, 2.75) is 56.4 Å². The molecule has 0 bridgehead atoms. The first-order valence-corrected chi connectivity index (χ1v) is 22.0. The van der Waals surface area contributed by atoms with Gasteiger partial charge in [-0.15, -0.1) is 0 Å². The zero-order valence-electron chi connectivity index (χ0n) is 34.2. The van der Waals surface area contributed by atoms with Crippen molar-refractivity contribution in [2.24, 2.45) is 5.92 Å². The largest absolute Gasteiger partial charge is 0.467 e. The van der Waals surface area contributed by atoms with Gasteiger partial charge in [0.05, 0.1) is 51.9 Å². The number of hydrogen-bond acceptors (Lipinski definition) is 10. The predicted molar refractivity (Wildman–Crippen MR) is 221 cm³/mol. The molecule has 0 unspecified atom stereocenters. The van der Waals surface area contributed by atoms with Gasteiger partial charge in [-0.05, 0) is 59.9 Å². The van der Waals surface area contributed by atoms with Crippen LogP contribution in [0.2, 0.25) is 5.02 Å². The normalized spacial score (nSPS) is 16.9. The number of carbonyl (C=O) groups excluding carboxylic acids is 1. The van der Waals surface area contributed by atoms with Gasteiger partial charge in [-0.25, -0.2) is 40.9 Å². The number of methoxy groups -OCH3 is 1. The molecule has 4 heterocycles. The van der Waals surface area contributed by atoms with Gasteiger partial charge in [0.15, 0.2) is 5.82 Å². The second kappa shape index (κ2) is 16.2. The molecule has 2 N–H and O–H groups in total. The van der Waals surface area contributed by atoms with E-state index in [0.29, 0.717) is 32.8 Å². The third-order valence-electron chi connectivity index (χ3n) is 11.2. The number of alkyl halides is 7. The highest BCUT2D eigenvalue weighted by molar-refractivity contribution is 7.92. The molecule has 3 atom stereocenters. The van der Waals surface area contributed by atoms with Gasteiger partial charge in [-0.2, -0.15) is 32.1 Å². The van der Waals surface area contributed by atoms with E-state index in [0.717, 1.165) is 28.8 Å². The highest BCUT2D eigenvalue weighted by Gasteiger charge is 2.67. The molecule has 1 amide bonds. The average Bonchev–Trinajstić information content (AvgIpc) is 3.77. The number of benzene rings is 3. The van der Waals surface area contributed by atoms with E-state index in [9.17, 15) is 43.9 Å². The zero-order chi connectivity index (χ0) is 48.1. The van der Waals surface area contributed by atoms with Gasteiger partial charge < -0.3 is 10.1 Å². The van der Waals surface area contributed by atoms with Gasteiger partial charge in [0.25, 0.3) is 17.9 Å². The number of sulfonamides is 1. The number of halogens is 10. The van der Waals surface area contributed by atoms with Crippen LogP contribution in [0.4, 0.5) is 45.3 Å². The van der Waals surface area contributed by atoms with Crippen LogP contribution in [0.1, 0.15) is 53.1 Å². The molecule has 2 aliphatic rings. The molecule has 0 radical (unpaired) electrons. The van der Waals surface area contributed by atoms with Gasteiger partial charge >= 0.3 is 12.2 Å².